The number of hydrogen-bond donors (Lipinski definition) is 3. The Morgan fingerprint density at radius 2 is 1.57 bits per heavy atom. The van der Waals surface area contributed by atoms with Gasteiger partial charge in [-0.15, -0.1) is 0 Å². The van der Waals surface area contributed by atoms with Gasteiger partial charge in [0.15, 0.2) is 0 Å². The molecule has 1 atom stereocenters. The van der Waals surface area contributed by atoms with Crippen LogP contribution in [0.15, 0.2) is 78.9 Å². The summed E-state index contributed by atoms with van der Waals surface area (Å²) in [5, 5.41) is 11.7. The molecule has 0 saturated carbocycles. The van der Waals surface area contributed by atoms with Crippen molar-refractivity contribution in [1.82, 2.24) is 10.8 Å². The number of ether oxygens (including phenoxy) is 1. The van der Waals surface area contributed by atoms with Gasteiger partial charge >= 0.3 is 0 Å². The first kappa shape index (κ1) is 21.1. The van der Waals surface area contributed by atoms with Crippen LogP contribution in [0.3, 0.4) is 0 Å². The van der Waals surface area contributed by atoms with Gasteiger partial charge in [-0.1, -0.05) is 60.2 Å². The highest BCUT2D eigenvalue weighted by atomic mass is 16.5. The van der Waals surface area contributed by atoms with Gasteiger partial charge in [-0.25, -0.2) is 5.48 Å². The first-order valence-corrected chi connectivity index (χ1v) is 9.62. The van der Waals surface area contributed by atoms with Crippen LogP contribution >= 0.6 is 0 Å². The number of carbonyl (C=O) groups excluding carboxylic acids is 2. The summed E-state index contributed by atoms with van der Waals surface area (Å²) in [6, 6.07) is 23.2. The lowest BCUT2D eigenvalue weighted by Gasteiger charge is -2.17. The molecule has 3 rings (SSSR count). The minimum Gasteiger partial charge on any atom is -0.489 e. The molecular weight excluding hydrogens is 380 g/mol. The van der Waals surface area contributed by atoms with Gasteiger partial charge < -0.3 is 10.1 Å². The van der Waals surface area contributed by atoms with Crippen molar-refractivity contribution in [2.24, 2.45) is 0 Å². The Morgan fingerprint density at radius 3 is 2.20 bits per heavy atom. The number of benzene rings is 3. The first-order chi connectivity index (χ1) is 14.5. The fourth-order valence-electron chi connectivity index (χ4n) is 2.93. The summed E-state index contributed by atoms with van der Waals surface area (Å²) < 4.78 is 5.76. The zero-order valence-electron chi connectivity index (χ0n) is 16.7. The van der Waals surface area contributed by atoms with E-state index in [0.29, 0.717) is 17.9 Å². The van der Waals surface area contributed by atoms with Crippen LogP contribution in [0.1, 0.15) is 27.0 Å². The average molecular weight is 404 g/mol. The molecule has 0 aromatic heterocycles. The summed E-state index contributed by atoms with van der Waals surface area (Å²) in [4.78, 5) is 24.5. The molecular formula is C24H24N2O4. The Bertz CT molecular complexity index is 970. The summed E-state index contributed by atoms with van der Waals surface area (Å²) in [5.41, 5.74) is 4.99. The molecule has 2 amide bonds. The zero-order valence-corrected chi connectivity index (χ0v) is 16.7. The topological polar surface area (TPSA) is 87.7 Å². The van der Waals surface area contributed by atoms with Crippen LogP contribution in [0.25, 0.3) is 0 Å². The van der Waals surface area contributed by atoms with E-state index >= 15 is 0 Å². The fourth-order valence-corrected chi connectivity index (χ4v) is 2.93. The number of amides is 2. The molecule has 0 heterocycles. The monoisotopic (exact) mass is 404 g/mol. The van der Waals surface area contributed by atoms with Gasteiger partial charge in [0.2, 0.25) is 0 Å². The van der Waals surface area contributed by atoms with Crippen LogP contribution in [0.5, 0.6) is 5.75 Å². The summed E-state index contributed by atoms with van der Waals surface area (Å²) in [7, 11) is 0. The highest BCUT2D eigenvalue weighted by molar-refractivity contribution is 5.97. The third kappa shape index (κ3) is 5.93. The maximum atomic E-state index is 12.5. The predicted octanol–water partition coefficient (Wildman–Crippen LogP) is 3.42. The van der Waals surface area contributed by atoms with Gasteiger partial charge in [0, 0.05) is 12.0 Å². The quantitative estimate of drug-likeness (QED) is 0.397. The molecule has 3 aromatic carbocycles. The number of nitrogens with one attached hydrogen (secondary N) is 2. The lowest BCUT2D eigenvalue weighted by atomic mass is 10.0. The minimum absolute atomic E-state index is 0.225. The molecule has 6 heteroatoms. The van der Waals surface area contributed by atoms with Crippen molar-refractivity contribution in [2.75, 3.05) is 0 Å². The van der Waals surface area contributed by atoms with E-state index in [0.717, 1.165) is 16.7 Å². The summed E-state index contributed by atoms with van der Waals surface area (Å²) >= 11 is 0. The van der Waals surface area contributed by atoms with Crippen molar-refractivity contribution in [2.45, 2.75) is 26.0 Å². The molecule has 0 radical (unpaired) electrons. The van der Waals surface area contributed by atoms with Crippen molar-refractivity contribution < 1.29 is 19.5 Å². The van der Waals surface area contributed by atoms with Crippen molar-refractivity contribution in [3.8, 4) is 5.75 Å². The standard InChI is InChI=1S/C24H24N2O4/c1-17-7-11-20(12-8-17)23(27)25-22(24(28)26-29)15-18-9-13-21(14-10-18)30-16-19-5-3-2-4-6-19/h2-14,22,29H,15-16H2,1H3,(H,25,27)(H,26,28)/t22-/m0/s1. The van der Waals surface area contributed by atoms with E-state index in [1.165, 1.54) is 0 Å². The van der Waals surface area contributed by atoms with Crippen LogP contribution in [-0.2, 0) is 17.8 Å². The molecule has 0 spiro atoms. The maximum Gasteiger partial charge on any atom is 0.266 e. The van der Waals surface area contributed by atoms with Crippen LogP contribution in [-0.4, -0.2) is 23.1 Å². The molecule has 0 aliphatic rings. The van der Waals surface area contributed by atoms with E-state index in [1.807, 2.05) is 73.7 Å². The summed E-state index contributed by atoms with van der Waals surface area (Å²) in [6.45, 7) is 2.39. The second-order valence-corrected chi connectivity index (χ2v) is 6.99. The number of aryl methyl sites for hydroxylation is 1. The Hall–Kier alpha value is -3.64. The van der Waals surface area contributed by atoms with Crippen LogP contribution < -0.4 is 15.5 Å². The normalized spacial score (nSPS) is 11.4. The first-order valence-electron chi connectivity index (χ1n) is 9.62. The Kier molecular flexibility index (Phi) is 7.19. The Morgan fingerprint density at radius 1 is 0.900 bits per heavy atom. The zero-order chi connectivity index (χ0) is 21.3. The fraction of sp³-hybridized carbons (Fsp3) is 0.167. The summed E-state index contributed by atoms with van der Waals surface area (Å²) in [6.07, 6.45) is 0.225. The smallest absolute Gasteiger partial charge is 0.266 e. The van der Waals surface area contributed by atoms with Gasteiger partial charge in [0.1, 0.15) is 18.4 Å². The molecule has 0 aliphatic heterocycles. The van der Waals surface area contributed by atoms with Crippen molar-refractivity contribution in [3.63, 3.8) is 0 Å². The molecule has 3 aromatic rings. The SMILES string of the molecule is Cc1ccc(C(=O)N[C@@H](Cc2ccc(OCc3ccccc3)cc2)C(=O)NO)cc1. The molecule has 154 valence electrons. The van der Waals surface area contributed by atoms with Gasteiger partial charge in [0.05, 0.1) is 0 Å². The maximum absolute atomic E-state index is 12.5. The highest BCUT2D eigenvalue weighted by Gasteiger charge is 2.21. The highest BCUT2D eigenvalue weighted by Crippen LogP contribution is 2.16. The second kappa shape index (κ2) is 10.2. The van der Waals surface area contributed by atoms with E-state index in [1.54, 1.807) is 17.6 Å². The number of hydrogen-bond acceptors (Lipinski definition) is 4. The average Bonchev–Trinajstić information content (AvgIpc) is 2.78. The minimum atomic E-state index is -0.917. The molecule has 3 N–H and O–H groups in total. The summed E-state index contributed by atoms with van der Waals surface area (Å²) in [5.74, 6) is -0.360. The van der Waals surface area contributed by atoms with Crippen molar-refractivity contribution in [1.29, 1.82) is 0 Å². The number of hydroxylamine groups is 1. The molecule has 0 unspecified atom stereocenters. The second-order valence-electron chi connectivity index (χ2n) is 6.99. The Balaban J connectivity index is 1.62. The Labute approximate surface area is 175 Å². The van der Waals surface area contributed by atoms with E-state index in [9.17, 15) is 9.59 Å². The van der Waals surface area contributed by atoms with Crippen molar-refractivity contribution >= 4 is 11.8 Å². The lowest BCUT2D eigenvalue weighted by molar-refractivity contribution is -0.131. The number of rotatable bonds is 8. The molecule has 30 heavy (non-hydrogen) atoms. The number of carbonyl (C=O) groups is 2. The van der Waals surface area contributed by atoms with Gasteiger partial charge in [-0.3, -0.25) is 14.8 Å². The molecule has 6 nitrogen and oxygen atoms in total. The van der Waals surface area contributed by atoms with E-state index in [4.69, 9.17) is 9.94 Å². The third-order valence-corrected chi connectivity index (χ3v) is 4.66. The van der Waals surface area contributed by atoms with Gasteiger partial charge in [-0.2, -0.15) is 0 Å². The third-order valence-electron chi connectivity index (χ3n) is 4.66. The van der Waals surface area contributed by atoms with Crippen LogP contribution in [0.4, 0.5) is 0 Å². The van der Waals surface area contributed by atoms with Gasteiger partial charge in [0.25, 0.3) is 11.8 Å². The van der Waals surface area contributed by atoms with E-state index < -0.39 is 11.9 Å². The molecule has 0 bridgehead atoms. The largest absolute Gasteiger partial charge is 0.489 e. The van der Waals surface area contributed by atoms with Gasteiger partial charge in [-0.05, 0) is 42.3 Å². The van der Waals surface area contributed by atoms with E-state index in [-0.39, 0.29) is 12.3 Å². The van der Waals surface area contributed by atoms with Crippen molar-refractivity contribution in [3.05, 3.63) is 101 Å². The van der Waals surface area contributed by atoms with E-state index in [2.05, 4.69) is 5.32 Å². The molecule has 0 saturated heterocycles. The van der Waals surface area contributed by atoms with Crippen LogP contribution in [0.2, 0.25) is 0 Å². The predicted molar refractivity (Wildman–Crippen MR) is 113 cm³/mol. The van der Waals surface area contributed by atoms with Crippen LogP contribution in [0, 0.1) is 6.92 Å². The molecule has 0 aliphatic carbocycles. The lowest BCUT2D eigenvalue weighted by Crippen LogP contribution is -2.47. The molecule has 0 fully saturated rings.